The summed E-state index contributed by atoms with van der Waals surface area (Å²) in [6.45, 7) is 4.13. The van der Waals surface area contributed by atoms with Gasteiger partial charge in [-0.3, -0.25) is 9.79 Å². The van der Waals surface area contributed by atoms with E-state index in [0.29, 0.717) is 6.42 Å². The topological polar surface area (TPSA) is 62.7 Å². The third-order valence-electron chi connectivity index (χ3n) is 3.37. The summed E-state index contributed by atoms with van der Waals surface area (Å²) >= 11 is 0. The van der Waals surface area contributed by atoms with Gasteiger partial charge >= 0.3 is 5.97 Å². The lowest BCUT2D eigenvalue weighted by atomic mass is 10.1. The molecule has 0 bridgehead atoms. The Morgan fingerprint density at radius 1 is 0.955 bits per heavy atom. The molecule has 0 rings (SSSR count). The number of aliphatic imine (C=N–C) groups is 1. The van der Waals surface area contributed by atoms with Crippen molar-refractivity contribution in [3.8, 4) is 0 Å². The Morgan fingerprint density at radius 2 is 1.50 bits per heavy atom. The van der Waals surface area contributed by atoms with E-state index >= 15 is 0 Å². The molecule has 0 aromatic rings. The molecule has 0 aliphatic carbocycles. The summed E-state index contributed by atoms with van der Waals surface area (Å²) in [7, 11) is 3.24. The molecule has 22 heavy (non-hydrogen) atoms. The summed E-state index contributed by atoms with van der Waals surface area (Å²) in [5, 5.41) is 6.65. The first kappa shape index (κ1) is 23.7. The third-order valence-corrected chi connectivity index (χ3v) is 3.37. The first-order valence-corrected chi connectivity index (χ1v) is 8.26. The van der Waals surface area contributed by atoms with Gasteiger partial charge in [0.2, 0.25) is 0 Å². The standard InChI is InChI=1S/C16H33N3O2.HI/c1-4-5-6-10-13-18-16(17-2)19-14-11-8-7-9-12-15(20)21-3;/h4-14H2,1-3H3,(H2,17,18,19);1H. The smallest absolute Gasteiger partial charge is 0.305 e. The lowest BCUT2D eigenvalue weighted by Gasteiger charge is -2.11. The number of hydrogen-bond donors (Lipinski definition) is 2. The molecule has 6 heteroatoms. The van der Waals surface area contributed by atoms with Crippen LogP contribution in [0.1, 0.15) is 64.7 Å². The van der Waals surface area contributed by atoms with Gasteiger partial charge in [-0.2, -0.15) is 0 Å². The second kappa shape index (κ2) is 18.5. The van der Waals surface area contributed by atoms with Crippen molar-refractivity contribution in [1.82, 2.24) is 10.6 Å². The van der Waals surface area contributed by atoms with Crippen molar-refractivity contribution in [3.63, 3.8) is 0 Å². The minimum atomic E-state index is -0.110. The SMILES string of the molecule is CCCCCCNC(=NC)NCCCCCCC(=O)OC.I. The molecule has 0 fully saturated rings. The van der Waals surface area contributed by atoms with Gasteiger partial charge in [-0.15, -0.1) is 24.0 Å². The molecule has 0 aromatic heterocycles. The van der Waals surface area contributed by atoms with E-state index in [0.717, 1.165) is 44.7 Å². The summed E-state index contributed by atoms with van der Waals surface area (Å²) in [4.78, 5) is 15.1. The fourth-order valence-corrected chi connectivity index (χ4v) is 2.04. The van der Waals surface area contributed by atoms with Gasteiger partial charge in [0.15, 0.2) is 5.96 Å². The summed E-state index contributed by atoms with van der Waals surface area (Å²) in [5.74, 6) is 0.779. The van der Waals surface area contributed by atoms with Gasteiger partial charge in [0.1, 0.15) is 0 Å². The van der Waals surface area contributed by atoms with E-state index in [4.69, 9.17) is 0 Å². The van der Waals surface area contributed by atoms with Crippen LogP contribution in [0.3, 0.4) is 0 Å². The number of nitrogens with one attached hydrogen (secondary N) is 2. The van der Waals surface area contributed by atoms with Crippen molar-refractivity contribution >= 4 is 35.9 Å². The Morgan fingerprint density at radius 3 is 2.00 bits per heavy atom. The molecule has 0 radical (unpaired) electrons. The quantitative estimate of drug-likeness (QED) is 0.165. The van der Waals surface area contributed by atoms with Crippen LogP contribution >= 0.6 is 24.0 Å². The van der Waals surface area contributed by atoms with Crippen LogP contribution in [0.2, 0.25) is 0 Å². The average Bonchev–Trinajstić information content (AvgIpc) is 2.51. The van der Waals surface area contributed by atoms with Crippen LogP contribution in [0.5, 0.6) is 0 Å². The summed E-state index contributed by atoms with van der Waals surface area (Å²) in [5.41, 5.74) is 0. The summed E-state index contributed by atoms with van der Waals surface area (Å²) in [6, 6.07) is 0. The number of rotatable bonds is 12. The van der Waals surface area contributed by atoms with Crippen LogP contribution in [-0.2, 0) is 9.53 Å². The Labute approximate surface area is 153 Å². The van der Waals surface area contributed by atoms with Gasteiger partial charge in [0.25, 0.3) is 0 Å². The molecule has 0 spiro atoms. The van der Waals surface area contributed by atoms with E-state index < -0.39 is 0 Å². The number of nitrogens with zero attached hydrogens (tertiary/aromatic N) is 1. The molecule has 0 saturated carbocycles. The van der Waals surface area contributed by atoms with Crippen molar-refractivity contribution in [2.45, 2.75) is 64.7 Å². The number of unbranched alkanes of at least 4 members (excludes halogenated alkanes) is 6. The van der Waals surface area contributed by atoms with Crippen LogP contribution in [-0.4, -0.2) is 39.2 Å². The van der Waals surface area contributed by atoms with Crippen molar-refractivity contribution < 1.29 is 9.53 Å². The Balaban J connectivity index is 0. The highest BCUT2D eigenvalue weighted by atomic mass is 127. The van der Waals surface area contributed by atoms with Crippen LogP contribution in [0.15, 0.2) is 4.99 Å². The zero-order chi connectivity index (χ0) is 15.8. The van der Waals surface area contributed by atoms with E-state index in [2.05, 4.69) is 27.3 Å². The maximum Gasteiger partial charge on any atom is 0.305 e. The largest absolute Gasteiger partial charge is 0.469 e. The van der Waals surface area contributed by atoms with E-state index in [1.54, 1.807) is 7.05 Å². The molecule has 0 aromatic carbocycles. The van der Waals surface area contributed by atoms with Gasteiger partial charge in [-0.05, 0) is 19.3 Å². The second-order valence-electron chi connectivity index (χ2n) is 5.23. The highest BCUT2D eigenvalue weighted by Gasteiger charge is 2.00. The maximum absolute atomic E-state index is 10.9. The molecule has 0 heterocycles. The number of esters is 1. The Bertz CT molecular complexity index is 287. The van der Waals surface area contributed by atoms with E-state index in [1.807, 2.05) is 0 Å². The number of ether oxygens (including phenoxy) is 1. The summed E-state index contributed by atoms with van der Waals surface area (Å²) < 4.78 is 4.61. The van der Waals surface area contributed by atoms with Gasteiger partial charge in [-0.1, -0.05) is 39.0 Å². The number of carbonyl (C=O) groups excluding carboxylic acids is 1. The van der Waals surface area contributed by atoms with Gasteiger partial charge in [0.05, 0.1) is 7.11 Å². The van der Waals surface area contributed by atoms with Gasteiger partial charge < -0.3 is 15.4 Å². The Kier molecular flexibility index (Phi) is 20.0. The summed E-state index contributed by atoms with van der Waals surface area (Å²) in [6.07, 6.45) is 9.78. The number of carbonyl (C=O) groups is 1. The molecule has 2 N–H and O–H groups in total. The molecular formula is C16H34IN3O2. The van der Waals surface area contributed by atoms with Gasteiger partial charge in [-0.25, -0.2) is 0 Å². The molecule has 0 saturated heterocycles. The molecular weight excluding hydrogens is 393 g/mol. The highest BCUT2D eigenvalue weighted by Crippen LogP contribution is 2.03. The van der Waals surface area contributed by atoms with E-state index in [-0.39, 0.29) is 29.9 Å². The van der Waals surface area contributed by atoms with Gasteiger partial charge in [0, 0.05) is 26.6 Å². The zero-order valence-corrected chi connectivity index (χ0v) is 16.8. The minimum absolute atomic E-state index is 0. The van der Waals surface area contributed by atoms with Crippen LogP contribution in [0.25, 0.3) is 0 Å². The van der Waals surface area contributed by atoms with E-state index in [9.17, 15) is 4.79 Å². The van der Waals surface area contributed by atoms with Crippen molar-refractivity contribution in [1.29, 1.82) is 0 Å². The lowest BCUT2D eigenvalue weighted by Crippen LogP contribution is -2.38. The number of hydrogen-bond acceptors (Lipinski definition) is 3. The maximum atomic E-state index is 10.9. The monoisotopic (exact) mass is 427 g/mol. The normalized spacial score (nSPS) is 10.8. The average molecular weight is 427 g/mol. The lowest BCUT2D eigenvalue weighted by molar-refractivity contribution is -0.140. The van der Waals surface area contributed by atoms with Crippen molar-refractivity contribution in [3.05, 3.63) is 0 Å². The molecule has 132 valence electrons. The number of guanidine groups is 1. The van der Waals surface area contributed by atoms with Crippen molar-refractivity contribution in [2.24, 2.45) is 4.99 Å². The predicted molar refractivity (Wildman–Crippen MR) is 104 cm³/mol. The fraction of sp³-hybridized carbons (Fsp3) is 0.875. The molecule has 0 amide bonds. The van der Waals surface area contributed by atoms with Crippen LogP contribution in [0, 0.1) is 0 Å². The highest BCUT2D eigenvalue weighted by molar-refractivity contribution is 14.0. The van der Waals surface area contributed by atoms with Crippen LogP contribution in [0.4, 0.5) is 0 Å². The molecule has 0 atom stereocenters. The minimum Gasteiger partial charge on any atom is -0.469 e. The third kappa shape index (κ3) is 15.9. The van der Waals surface area contributed by atoms with Crippen LogP contribution < -0.4 is 10.6 Å². The first-order chi connectivity index (χ1) is 10.2. The predicted octanol–water partition coefficient (Wildman–Crippen LogP) is 3.47. The molecule has 0 unspecified atom stereocenters. The first-order valence-electron chi connectivity index (χ1n) is 8.26. The van der Waals surface area contributed by atoms with E-state index in [1.165, 1.54) is 32.8 Å². The number of methoxy groups -OCH3 is 1. The zero-order valence-electron chi connectivity index (χ0n) is 14.5. The number of halogens is 1. The van der Waals surface area contributed by atoms with Crippen molar-refractivity contribution in [2.75, 3.05) is 27.2 Å². The molecule has 0 aliphatic rings. The Hall–Kier alpha value is -0.530. The molecule has 0 aliphatic heterocycles. The molecule has 5 nitrogen and oxygen atoms in total. The second-order valence-corrected chi connectivity index (χ2v) is 5.23. The fourth-order valence-electron chi connectivity index (χ4n) is 2.04.